The first kappa shape index (κ1) is 25.4. The molecule has 1 aliphatic rings. The Kier molecular flexibility index (Phi) is 7.62. The Morgan fingerprint density at radius 3 is 2.17 bits per heavy atom. The van der Waals surface area contributed by atoms with Crippen molar-refractivity contribution in [1.82, 2.24) is 0 Å². The van der Waals surface area contributed by atoms with Crippen molar-refractivity contribution in [3.05, 3.63) is 76.6 Å². The Labute approximate surface area is 201 Å². The van der Waals surface area contributed by atoms with Crippen molar-refractivity contribution in [3.63, 3.8) is 0 Å². The zero-order chi connectivity index (χ0) is 25.2. The number of hydrogen-bond donors (Lipinski definition) is 0. The molecule has 4 rings (SSSR count). The van der Waals surface area contributed by atoms with Crippen LogP contribution in [0.15, 0.2) is 42.5 Å². The standard InChI is InChI=1S/C28H28F6O/c1-2-17-3-6-19(7-4-17)21-11-12-23-22(15-21)10-9-20(26(23)31)8-5-18-13-24(29)27(25(30)14-18)35-16-28(32,33)34/h9-15,17,19H,2-8,16H2,1H3. The highest BCUT2D eigenvalue weighted by Gasteiger charge is 2.30. The fraction of sp³-hybridized carbons (Fsp3) is 0.429. The van der Waals surface area contributed by atoms with Gasteiger partial charge in [-0.05, 0) is 84.6 Å². The van der Waals surface area contributed by atoms with Gasteiger partial charge in [0.2, 0.25) is 0 Å². The number of fused-ring (bicyclic) bond motifs is 1. The summed E-state index contributed by atoms with van der Waals surface area (Å²) < 4.78 is 84.5. The summed E-state index contributed by atoms with van der Waals surface area (Å²) in [6, 6.07) is 11.3. The topological polar surface area (TPSA) is 9.23 Å². The molecule has 7 heteroatoms. The third-order valence-electron chi connectivity index (χ3n) is 7.07. The van der Waals surface area contributed by atoms with E-state index in [1.807, 2.05) is 18.2 Å². The molecule has 188 valence electrons. The van der Waals surface area contributed by atoms with E-state index in [0.717, 1.165) is 36.3 Å². The van der Waals surface area contributed by atoms with Gasteiger partial charge in [0, 0.05) is 5.39 Å². The largest absolute Gasteiger partial charge is 0.478 e. The molecule has 0 N–H and O–H groups in total. The molecule has 3 aromatic carbocycles. The van der Waals surface area contributed by atoms with Crippen LogP contribution in [0.25, 0.3) is 10.8 Å². The molecule has 1 saturated carbocycles. The molecule has 1 aliphatic carbocycles. The molecule has 0 radical (unpaired) electrons. The van der Waals surface area contributed by atoms with Crippen LogP contribution in [0, 0.1) is 23.4 Å². The minimum Gasteiger partial charge on any atom is -0.478 e. The van der Waals surface area contributed by atoms with Crippen molar-refractivity contribution in [3.8, 4) is 5.75 Å². The molecule has 0 amide bonds. The molecule has 35 heavy (non-hydrogen) atoms. The van der Waals surface area contributed by atoms with Gasteiger partial charge >= 0.3 is 6.18 Å². The second-order valence-electron chi connectivity index (χ2n) is 9.44. The summed E-state index contributed by atoms with van der Waals surface area (Å²) in [4.78, 5) is 0. The molecular formula is C28H28F6O. The van der Waals surface area contributed by atoms with Gasteiger partial charge in [0.15, 0.2) is 24.0 Å². The maximum atomic E-state index is 15.2. The number of benzene rings is 3. The van der Waals surface area contributed by atoms with E-state index in [4.69, 9.17) is 0 Å². The van der Waals surface area contributed by atoms with Crippen LogP contribution in [0.5, 0.6) is 5.75 Å². The Morgan fingerprint density at radius 2 is 1.54 bits per heavy atom. The maximum Gasteiger partial charge on any atom is 0.422 e. The van der Waals surface area contributed by atoms with E-state index in [1.165, 1.54) is 24.8 Å². The number of rotatable bonds is 7. The lowest BCUT2D eigenvalue weighted by atomic mass is 9.77. The Bertz CT molecular complexity index is 1160. The van der Waals surface area contributed by atoms with Crippen molar-refractivity contribution >= 4 is 10.8 Å². The molecule has 0 aromatic heterocycles. The Balaban J connectivity index is 1.45. The van der Waals surface area contributed by atoms with Gasteiger partial charge < -0.3 is 4.74 Å². The summed E-state index contributed by atoms with van der Waals surface area (Å²) in [5.74, 6) is -2.57. The van der Waals surface area contributed by atoms with Gasteiger partial charge in [-0.3, -0.25) is 0 Å². The lowest BCUT2D eigenvalue weighted by Gasteiger charge is -2.28. The van der Waals surface area contributed by atoms with Crippen LogP contribution in [0.3, 0.4) is 0 Å². The third-order valence-corrected chi connectivity index (χ3v) is 7.07. The highest BCUT2D eigenvalue weighted by Crippen LogP contribution is 2.38. The first-order chi connectivity index (χ1) is 16.6. The van der Waals surface area contributed by atoms with Gasteiger partial charge in [0.25, 0.3) is 0 Å². The zero-order valence-corrected chi connectivity index (χ0v) is 19.5. The molecule has 0 saturated heterocycles. The summed E-state index contributed by atoms with van der Waals surface area (Å²) >= 11 is 0. The van der Waals surface area contributed by atoms with E-state index in [9.17, 15) is 22.0 Å². The van der Waals surface area contributed by atoms with Crippen molar-refractivity contribution in [1.29, 1.82) is 0 Å². The lowest BCUT2D eigenvalue weighted by Crippen LogP contribution is -2.20. The van der Waals surface area contributed by atoms with Gasteiger partial charge in [-0.2, -0.15) is 13.2 Å². The van der Waals surface area contributed by atoms with Crippen LogP contribution in [0.2, 0.25) is 0 Å². The zero-order valence-electron chi connectivity index (χ0n) is 19.5. The van der Waals surface area contributed by atoms with Gasteiger partial charge in [-0.15, -0.1) is 0 Å². The van der Waals surface area contributed by atoms with Gasteiger partial charge in [-0.1, -0.05) is 43.7 Å². The molecule has 0 aliphatic heterocycles. The minimum absolute atomic E-state index is 0.120. The first-order valence-electron chi connectivity index (χ1n) is 12.0. The average molecular weight is 495 g/mol. The molecule has 3 aromatic rings. The molecular weight excluding hydrogens is 466 g/mol. The predicted octanol–water partition coefficient (Wildman–Crippen LogP) is 8.67. The molecule has 0 spiro atoms. The fourth-order valence-corrected chi connectivity index (χ4v) is 5.03. The predicted molar refractivity (Wildman–Crippen MR) is 124 cm³/mol. The Hall–Kier alpha value is -2.70. The third kappa shape index (κ3) is 6.11. The lowest BCUT2D eigenvalue weighted by molar-refractivity contribution is -0.154. The van der Waals surface area contributed by atoms with E-state index in [2.05, 4.69) is 17.7 Å². The van der Waals surface area contributed by atoms with E-state index < -0.39 is 30.2 Å². The molecule has 0 unspecified atom stereocenters. The first-order valence-corrected chi connectivity index (χ1v) is 12.0. The highest BCUT2D eigenvalue weighted by molar-refractivity contribution is 5.84. The van der Waals surface area contributed by atoms with Crippen LogP contribution < -0.4 is 4.74 Å². The van der Waals surface area contributed by atoms with Crippen LogP contribution in [0.1, 0.15) is 61.6 Å². The second-order valence-corrected chi connectivity index (χ2v) is 9.44. The molecule has 0 bridgehead atoms. The SMILES string of the molecule is CCC1CCC(c2ccc3c(F)c(CCc4cc(F)c(OCC(F)(F)F)c(F)c4)ccc3c2)CC1. The number of hydrogen-bond acceptors (Lipinski definition) is 1. The maximum absolute atomic E-state index is 15.2. The van der Waals surface area contributed by atoms with E-state index in [-0.39, 0.29) is 24.2 Å². The van der Waals surface area contributed by atoms with Gasteiger partial charge in [0.1, 0.15) is 5.82 Å². The summed E-state index contributed by atoms with van der Waals surface area (Å²) in [5, 5.41) is 1.33. The summed E-state index contributed by atoms with van der Waals surface area (Å²) in [5.41, 5.74) is 1.85. The minimum atomic E-state index is -4.71. The summed E-state index contributed by atoms with van der Waals surface area (Å²) in [6.45, 7) is 0.445. The van der Waals surface area contributed by atoms with Crippen molar-refractivity contribution in [2.24, 2.45) is 5.92 Å². The molecule has 1 nitrogen and oxygen atoms in total. The van der Waals surface area contributed by atoms with Gasteiger partial charge in [0.05, 0.1) is 0 Å². The average Bonchev–Trinajstić information content (AvgIpc) is 2.82. The van der Waals surface area contributed by atoms with Crippen LogP contribution in [-0.4, -0.2) is 12.8 Å². The number of halogens is 6. The van der Waals surface area contributed by atoms with Crippen LogP contribution >= 0.6 is 0 Å². The molecule has 0 heterocycles. The summed E-state index contributed by atoms with van der Waals surface area (Å²) in [6.07, 6.45) is 1.57. The molecule has 1 fully saturated rings. The van der Waals surface area contributed by atoms with Gasteiger partial charge in [-0.25, -0.2) is 13.2 Å². The fourth-order valence-electron chi connectivity index (χ4n) is 5.03. The monoisotopic (exact) mass is 494 g/mol. The Morgan fingerprint density at radius 1 is 0.857 bits per heavy atom. The van der Waals surface area contributed by atoms with Crippen LogP contribution in [0.4, 0.5) is 26.3 Å². The van der Waals surface area contributed by atoms with Crippen molar-refractivity contribution in [2.75, 3.05) is 6.61 Å². The molecule has 0 atom stereocenters. The van der Waals surface area contributed by atoms with Crippen molar-refractivity contribution in [2.45, 2.75) is 64.0 Å². The quantitative estimate of drug-likeness (QED) is 0.299. The smallest absolute Gasteiger partial charge is 0.422 e. The number of alkyl halides is 3. The number of aryl methyl sites for hydroxylation is 2. The van der Waals surface area contributed by atoms with Crippen LogP contribution in [-0.2, 0) is 12.8 Å². The van der Waals surface area contributed by atoms with E-state index >= 15 is 4.39 Å². The number of ether oxygens (including phenoxy) is 1. The van der Waals surface area contributed by atoms with E-state index in [1.54, 1.807) is 6.07 Å². The second kappa shape index (κ2) is 10.5. The highest BCUT2D eigenvalue weighted by atomic mass is 19.4. The summed E-state index contributed by atoms with van der Waals surface area (Å²) in [7, 11) is 0. The normalized spacial score (nSPS) is 18.7. The van der Waals surface area contributed by atoms with Crippen molar-refractivity contribution < 1.29 is 31.1 Å². The van der Waals surface area contributed by atoms with E-state index in [0.29, 0.717) is 16.9 Å².